The van der Waals surface area contributed by atoms with E-state index in [9.17, 15) is 4.79 Å². The van der Waals surface area contributed by atoms with E-state index in [4.69, 9.17) is 10.5 Å². The van der Waals surface area contributed by atoms with Crippen molar-refractivity contribution in [1.29, 1.82) is 0 Å². The van der Waals surface area contributed by atoms with Gasteiger partial charge in [-0.2, -0.15) is 0 Å². The Labute approximate surface area is 124 Å². The molecule has 21 heavy (non-hydrogen) atoms. The number of aromatic nitrogens is 1. The summed E-state index contributed by atoms with van der Waals surface area (Å²) in [5.74, 6) is -0.0736. The second kappa shape index (κ2) is 7.71. The summed E-state index contributed by atoms with van der Waals surface area (Å²) in [6, 6.07) is 9.49. The molecule has 0 atom stereocenters. The van der Waals surface area contributed by atoms with Gasteiger partial charge in [-0.15, -0.1) is 0 Å². The number of nitrogens with two attached hydrogens (primary N) is 1. The van der Waals surface area contributed by atoms with Crippen LogP contribution in [-0.2, 0) is 4.74 Å². The molecule has 5 heteroatoms. The summed E-state index contributed by atoms with van der Waals surface area (Å²) in [6.07, 6.45) is 0.772. The lowest BCUT2D eigenvalue weighted by atomic mass is 10.1. The molecule has 112 valence electrons. The van der Waals surface area contributed by atoms with Gasteiger partial charge in [-0.05, 0) is 25.5 Å². The van der Waals surface area contributed by atoms with Crippen LogP contribution in [0.25, 0.3) is 10.9 Å². The molecule has 1 amide bonds. The maximum Gasteiger partial charge on any atom is 0.252 e. The van der Waals surface area contributed by atoms with Gasteiger partial charge < -0.3 is 15.8 Å². The number of benzene rings is 1. The van der Waals surface area contributed by atoms with Gasteiger partial charge in [0.05, 0.1) is 17.7 Å². The third-order valence-corrected chi connectivity index (χ3v) is 3.10. The van der Waals surface area contributed by atoms with E-state index in [0.717, 1.165) is 23.0 Å². The highest BCUT2D eigenvalue weighted by molar-refractivity contribution is 6.06. The summed E-state index contributed by atoms with van der Waals surface area (Å²) < 4.78 is 5.27. The van der Waals surface area contributed by atoms with Crippen molar-refractivity contribution >= 4 is 16.8 Å². The molecule has 3 N–H and O–H groups in total. The van der Waals surface area contributed by atoms with Crippen LogP contribution in [0.2, 0.25) is 0 Å². The molecular formula is C16H21N3O2. The van der Waals surface area contributed by atoms with Crippen molar-refractivity contribution in [3.05, 3.63) is 41.6 Å². The van der Waals surface area contributed by atoms with Crippen molar-refractivity contribution in [3.8, 4) is 0 Å². The van der Waals surface area contributed by atoms with Gasteiger partial charge in [0.15, 0.2) is 0 Å². The topological polar surface area (TPSA) is 77.2 Å². The van der Waals surface area contributed by atoms with E-state index in [1.165, 1.54) is 0 Å². The number of hydrogen-bond donors (Lipinski definition) is 2. The number of rotatable bonds is 7. The van der Waals surface area contributed by atoms with Crippen LogP contribution in [-0.4, -0.2) is 37.2 Å². The number of nitrogens with one attached hydrogen (secondary N) is 1. The highest BCUT2D eigenvalue weighted by atomic mass is 16.5. The summed E-state index contributed by atoms with van der Waals surface area (Å²) in [4.78, 5) is 16.7. The second-order valence-corrected chi connectivity index (χ2v) is 4.84. The van der Waals surface area contributed by atoms with Crippen LogP contribution in [0.1, 0.15) is 22.5 Å². The van der Waals surface area contributed by atoms with Crippen molar-refractivity contribution in [2.75, 3.05) is 26.3 Å². The zero-order valence-corrected chi connectivity index (χ0v) is 12.3. The number of nitrogens with zero attached hydrogens (tertiary/aromatic N) is 1. The lowest BCUT2D eigenvalue weighted by molar-refractivity contribution is 0.0944. The normalized spacial score (nSPS) is 10.8. The molecule has 1 aromatic heterocycles. The highest BCUT2D eigenvalue weighted by Gasteiger charge is 2.11. The van der Waals surface area contributed by atoms with Gasteiger partial charge in [0, 0.05) is 30.8 Å². The maximum absolute atomic E-state index is 12.3. The lowest BCUT2D eigenvalue weighted by Crippen LogP contribution is -2.26. The SMILES string of the molecule is Cc1cc(C(=O)NCCCOCCN)c2ccccc2n1. The van der Waals surface area contributed by atoms with Crippen LogP contribution < -0.4 is 11.1 Å². The molecule has 1 aromatic carbocycles. The van der Waals surface area contributed by atoms with Crippen molar-refractivity contribution in [1.82, 2.24) is 10.3 Å². The third kappa shape index (κ3) is 4.24. The molecule has 0 aliphatic carbocycles. The number of para-hydroxylation sites is 1. The summed E-state index contributed by atoms with van der Waals surface area (Å²) in [5.41, 5.74) is 7.68. The summed E-state index contributed by atoms with van der Waals surface area (Å²) >= 11 is 0. The summed E-state index contributed by atoms with van der Waals surface area (Å²) in [7, 11) is 0. The second-order valence-electron chi connectivity index (χ2n) is 4.84. The fourth-order valence-electron chi connectivity index (χ4n) is 2.15. The molecule has 0 saturated heterocycles. The minimum absolute atomic E-state index is 0.0736. The van der Waals surface area contributed by atoms with Gasteiger partial charge in [-0.1, -0.05) is 18.2 Å². The molecule has 5 nitrogen and oxygen atoms in total. The molecule has 0 unspecified atom stereocenters. The van der Waals surface area contributed by atoms with Crippen LogP contribution in [0.4, 0.5) is 0 Å². The maximum atomic E-state index is 12.3. The van der Waals surface area contributed by atoms with Crippen LogP contribution in [0.3, 0.4) is 0 Å². The highest BCUT2D eigenvalue weighted by Crippen LogP contribution is 2.17. The molecular weight excluding hydrogens is 266 g/mol. The fraction of sp³-hybridized carbons (Fsp3) is 0.375. The Hall–Kier alpha value is -1.98. The first kappa shape index (κ1) is 15.4. The predicted molar refractivity (Wildman–Crippen MR) is 83.3 cm³/mol. The molecule has 0 radical (unpaired) electrons. The van der Waals surface area contributed by atoms with E-state index < -0.39 is 0 Å². The van der Waals surface area contributed by atoms with Crippen molar-refractivity contribution in [2.45, 2.75) is 13.3 Å². The minimum Gasteiger partial charge on any atom is -0.380 e. The van der Waals surface area contributed by atoms with Gasteiger partial charge in [-0.3, -0.25) is 9.78 Å². The number of ether oxygens (including phenoxy) is 1. The molecule has 2 rings (SSSR count). The average molecular weight is 287 g/mol. The standard InChI is InChI=1S/C16H21N3O2/c1-12-11-14(13-5-2-3-6-15(13)19-12)16(20)18-8-4-9-21-10-7-17/h2-3,5-6,11H,4,7-10,17H2,1H3,(H,18,20). The lowest BCUT2D eigenvalue weighted by Gasteiger charge is -2.09. The number of carbonyl (C=O) groups excluding carboxylic acids is 1. The smallest absolute Gasteiger partial charge is 0.252 e. The number of pyridine rings is 1. The number of amides is 1. The predicted octanol–water partition coefficient (Wildman–Crippen LogP) is 1.64. The molecule has 0 fully saturated rings. The Morgan fingerprint density at radius 2 is 2.14 bits per heavy atom. The summed E-state index contributed by atoms with van der Waals surface area (Å²) in [6.45, 7) is 4.16. The summed E-state index contributed by atoms with van der Waals surface area (Å²) in [5, 5.41) is 3.79. The molecule has 2 aromatic rings. The van der Waals surface area contributed by atoms with E-state index in [1.807, 2.05) is 37.3 Å². The van der Waals surface area contributed by atoms with E-state index >= 15 is 0 Å². The Morgan fingerprint density at radius 1 is 1.33 bits per heavy atom. The van der Waals surface area contributed by atoms with E-state index in [2.05, 4.69) is 10.3 Å². The molecule has 1 heterocycles. The molecule has 0 aliphatic rings. The largest absolute Gasteiger partial charge is 0.380 e. The van der Waals surface area contributed by atoms with Gasteiger partial charge in [0.1, 0.15) is 0 Å². The third-order valence-electron chi connectivity index (χ3n) is 3.10. The number of carbonyl (C=O) groups is 1. The van der Waals surface area contributed by atoms with E-state index in [1.54, 1.807) is 0 Å². The van der Waals surface area contributed by atoms with Crippen LogP contribution in [0, 0.1) is 6.92 Å². The Bertz CT molecular complexity index is 613. The van der Waals surface area contributed by atoms with Crippen LogP contribution >= 0.6 is 0 Å². The molecule has 0 bridgehead atoms. The van der Waals surface area contributed by atoms with Gasteiger partial charge >= 0.3 is 0 Å². The van der Waals surface area contributed by atoms with Crippen molar-refractivity contribution in [3.63, 3.8) is 0 Å². The number of hydrogen-bond acceptors (Lipinski definition) is 4. The van der Waals surface area contributed by atoms with Gasteiger partial charge in [-0.25, -0.2) is 0 Å². The van der Waals surface area contributed by atoms with Crippen LogP contribution in [0.15, 0.2) is 30.3 Å². The number of fused-ring (bicyclic) bond motifs is 1. The van der Waals surface area contributed by atoms with Gasteiger partial charge in [0.2, 0.25) is 0 Å². The first-order valence-electron chi connectivity index (χ1n) is 7.15. The van der Waals surface area contributed by atoms with E-state index in [0.29, 0.717) is 31.9 Å². The van der Waals surface area contributed by atoms with Crippen LogP contribution in [0.5, 0.6) is 0 Å². The Kier molecular flexibility index (Phi) is 5.66. The van der Waals surface area contributed by atoms with Crippen molar-refractivity contribution in [2.24, 2.45) is 5.73 Å². The van der Waals surface area contributed by atoms with E-state index in [-0.39, 0.29) is 5.91 Å². The Morgan fingerprint density at radius 3 is 2.95 bits per heavy atom. The minimum atomic E-state index is -0.0736. The Balaban J connectivity index is 1.99. The first-order chi connectivity index (χ1) is 10.2. The van der Waals surface area contributed by atoms with Gasteiger partial charge in [0.25, 0.3) is 5.91 Å². The molecule has 0 aliphatic heterocycles. The van der Waals surface area contributed by atoms with Crippen molar-refractivity contribution < 1.29 is 9.53 Å². The first-order valence-corrected chi connectivity index (χ1v) is 7.15. The number of aryl methyl sites for hydroxylation is 1. The zero-order chi connectivity index (χ0) is 15.1. The molecule has 0 saturated carbocycles. The molecule has 0 spiro atoms. The average Bonchev–Trinajstić information content (AvgIpc) is 2.49. The zero-order valence-electron chi connectivity index (χ0n) is 12.3. The quantitative estimate of drug-likeness (QED) is 0.759. The monoisotopic (exact) mass is 287 g/mol. The fourth-order valence-corrected chi connectivity index (χ4v) is 2.15.